The maximum absolute atomic E-state index is 6.08. The molecule has 0 atom stereocenters. The van der Waals surface area contributed by atoms with Crippen LogP contribution in [0, 0.1) is 0 Å². The highest BCUT2D eigenvalue weighted by atomic mass is 15.2. The van der Waals surface area contributed by atoms with Gasteiger partial charge in [0.1, 0.15) is 12.0 Å². The summed E-state index contributed by atoms with van der Waals surface area (Å²) in [5.41, 5.74) is 6.75. The molecule has 0 amide bonds. The molecule has 0 saturated carbocycles. The Hall–Kier alpha value is -1.52. The molecule has 1 aromatic rings. The van der Waals surface area contributed by atoms with E-state index in [0.29, 0.717) is 11.7 Å². The molecule has 5 heteroatoms. The third kappa shape index (κ3) is 2.18. The van der Waals surface area contributed by atoms with Gasteiger partial charge in [0.25, 0.3) is 0 Å². The van der Waals surface area contributed by atoms with Crippen LogP contribution in [0.5, 0.6) is 0 Å². The summed E-state index contributed by atoms with van der Waals surface area (Å²) in [6.45, 7) is 6.22. The summed E-state index contributed by atoms with van der Waals surface area (Å²) >= 11 is 0. The molecule has 0 aliphatic carbocycles. The molecule has 1 aliphatic rings. The Morgan fingerprint density at radius 1 is 1.31 bits per heavy atom. The van der Waals surface area contributed by atoms with Crippen LogP contribution < -0.4 is 16.0 Å². The number of nitrogen functional groups attached to an aromatic ring is 1. The summed E-state index contributed by atoms with van der Waals surface area (Å²) in [5.74, 6) is 1.61. The second-order valence-corrected chi connectivity index (χ2v) is 4.45. The van der Waals surface area contributed by atoms with Crippen LogP contribution in [-0.4, -0.2) is 29.1 Å². The first-order chi connectivity index (χ1) is 7.68. The minimum atomic E-state index is 0.323. The normalized spacial score (nSPS) is 15.8. The van der Waals surface area contributed by atoms with Gasteiger partial charge in [-0.1, -0.05) is 0 Å². The molecule has 88 valence electrons. The van der Waals surface area contributed by atoms with E-state index in [1.54, 1.807) is 6.33 Å². The number of nitrogens with one attached hydrogen (secondary N) is 1. The molecule has 0 unspecified atom stereocenters. The van der Waals surface area contributed by atoms with Gasteiger partial charge in [-0.05, 0) is 26.7 Å². The van der Waals surface area contributed by atoms with Crippen molar-refractivity contribution in [3.05, 3.63) is 6.33 Å². The molecule has 5 nitrogen and oxygen atoms in total. The highest BCUT2D eigenvalue weighted by Crippen LogP contribution is 2.28. The number of nitrogens with two attached hydrogens (primary N) is 1. The largest absolute Gasteiger partial charge is 0.393 e. The SMILES string of the molecule is CC(C)Nc1ncnc(N2CCCC2)c1N. The summed E-state index contributed by atoms with van der Waals surface area (Å²) in [6.07, 6.45) is 4.02. The maximum Gasteiger partial charge on any atom is 0.157 e. The van der Waals surface area contributed by atoms with Crippen molar-refractivity contribution in [1.82, 2.24) is 9.97 Å². The van der Waals surface area contributed by atoms with E-state index in [0.717, 1.165) is 24.7 Å². The van der Waals surface area contributed by atoms with E-state index < -0.39 is 0 Å². The van der Waals surface area contributed by atoms with Crippen molar-refractivity contribution in [2.45, 2.75) is 32.7 Å². The molecule has 0 radical (unpaired) electrons. The predicted molar refractivity (Wildman–Crippen MR) is 66.7 cm³/mol. The zero-order valence-corrected chi connectivity index (χ0v) is 9.90. The Morgan fingerprint density at radius 2 is 2.00 bits per heavy atom. The van der Waals surface area contributed by atoms with Crippen LogP contribution in [0.1, 0.15) is 26.7 Å². The van der Waals surface area contributed by atoms with Gasteiger partial charge in [0.15, 0.2) is 11.6 Å². The van der Waals surface area contributed by atoms with Crippen molar-refractivity contribution < 1.29 is 0 Å². The van der Waals surface area contributed by atoms with E-state index in [1.165, 1.54) is 12.8 Å². The van der Waals surface area contributed by atoms with Gasteiger partial charge in [0.2, 0.25) is 0 Å². The molecule has 0 bridgehead atoms. The fourth-order valence-corrected chi connectivity index (χ4v) is 1.96. The number of hydrogen-bond donors (Lipinski definition) is 2. The van der Waals surface area contributed by atoms with E-state index in [4.69, 9.17) is 5.73 Å². The van der Waals surface area contributed by atoms with E-state index in [9.17, 15) is 0 Å². The second kappa shape index (κ2) is 4.55. The van der Waals surface area contributed by atoms with Crippen molar-refractivity contribution in [3.8, 4) is 0 Å². The monoisotopic (exact) mass is 221 g/mol. The molecule has 2 rings (SSSR count). The van der Waals surface area contributed by atoms with Gasteiger partial charge in [0, 0.05) is 19.1 Å². The van der Waals surface area contributed by atoms with Crippen LogP contribution in [0.4, 0.5) is 17.3 Å². The predicted octanol–water partition coefficient (Wildman–Crippen LogP) is 1.48. The lowest BCUT2D eigenvalue weighted by molar-refractivity contribution is 0.880. The lowest BCUT2D eigenvalue weighted by atomic mass is 10.3. The van der Waals surface area contributed by atoms with Crippen molar-refractivity contribution >= 4 is 17.3 Å². The number of nitrogens with zero attached hydrogens (tertiary/aromatic N) is 3. The fourth-order valence-electron chi connectivity index (χ4n) is 1.96. The molecule has 2 heterocycles. The molecule has 0 aromatic carbocycles. The number of rotatable bonds is 3. The maximum atomic E-state index is 6.08. The molecular weight excluding hydrogens is 202 g/mol. The highest BCUT2D eigenvalue weighted by molar-refractivity contribution is 5.75. The van der Waals surface area contributed by atoms with Crippen LogP contribution in [0.3, 0.4) is 0 Å². The van der Waals surface area contributed by atoms with Crippen LogP contribution in [0.25, 0.3) is 0 Å². The average Bonchev–Trinajstić information content (AvgIpc) is 2.73. The van der Waals surface area contributed by atoms with Gasteiger partial charge in [0.05, 0.1) is 0 Å². The van der Waals surface area contributed by atoms with Crippen molar-refractivity contribution in [2.24, 2.45) is 0 Å². The Bertz CT molecular complexity index is 357. The van der Waals surface area contributed by atoms with E-state index in [2.05, 4.69) is 34.0 Å². The first kappa shape index (κ1) is 11.0. The first-order valence-corrected chi connectivity index (χ1v) is 5.80. The van der Waals surface area contributed by atoms with Crippen LogP contribution in [0.15, 0.2) is 6.33 Å². The standard InChI is InChI=1S/C11H19N5/c1-8(2)15-10-9(12)11(14-7-13-10)16-5-3-4-6-16/h7-8H,3-6,12H2,1-2H3,(H,13,14,15). The Morgan fingerprint density at radius 3 is 2.62 bits per heavy atom. The second-order valence-electron chi connectivity index (χ2n) is 4.45. The average molecular weight is 221 g/mol. The Kier molecular flexibility index (Phi) is 3.12. The summed E-state index contributed by atoms with van der Waals surface area (Å²) in [4.78, 5) is 10.7. The third-order valence-electron chi connectivity index (χ3n) is 2.69. The Balaban J connectivity index is 2.24. The fraction of sp³-hybridized carbons (Fsp3) is 0.636. The number of anilines is 3. The molecule has 1 saturated heterocycles. The highest BCUT2D eigenvalue weighted by Gasteiger charge is 2.18. The van der Waals surface area contributed by atoms with Crippen LogP contribution in [-0.2, 0) is 0 Å². The number of hydrogen-bond acceptors (Lipinski definition) is 5. The zero-order valence-electron chi connectivity index (χ0n) is 9.90. The van der Waals surface area contributed by atoms with Crippen LogP contribution in [0.2, 0.25) is 0 Å². The molecule has 1 aromatic heterocycles. The lowest BCUT2D eigenvalue weighted by Crippen LogP contribution is -2.22. The summed E-state index contributed by atoms with van der Waals surface area (Å²) < 4.78 is 0. The molecule has 3 N–H and O–H groups in total. The minimum Gasteiger partial charge on any atom is -0.393 e. The van der Waals surface area contributed by atoms with Gasteiger partial charge in [-0.3, -0.25) is 0 Å². The smallest absolute Gasteiger partial charge is 0.157 e. The quantitative estimate of drug-likeness (QED) is 0.809. The van der Waals surface area contributed by atoms with Gasteiger partial charge >= 0.3 is 0 Å². The van der Waals surface area contributed by atoms with Gasteiger partial charge in [-0.15, -0.1) is 0 Å². The lowest BCUT2D eigenvalue weighted by Gasteiger charge is -2.20. The van der Waals surface area contributed by atoms with Crippen molar-refractivity contribution in [1.29, 1.82) is 0 Å². The summed E-state index contributed by atoms with van der Waals surface area (Å²) in [6, 6.07) is 0.323. The van der Waals surface area contributed by atoms with Gasteiger partial charge in [-0.25, -0.2) is 9.97 Å². The first-order valence-electron chi connectivity index (χ1n) is 5.80. The molecule has 1 aliphatic heterocycles. The molecule has 16 heavy (non-hydrogen) atoms. The Labute approximate surface area is 96.1 Å². The van der Waals surface area contributed by atoms with Crippen molar-refractivity contribution in [3.63, 3.8) is 0 Å². The zero-order chi connectivity index (χ0) is 11.5. The van der Waals surface area contributed by atoms with Gasteiger partial charge < -0.3 is 16.0 Å². The van der Waals surface area contributed by atoms with E-state index in [-0.39, 0.29) is 0 Å². The summed E-state index contributed by atoms with van der Waals surface area (Å²) in [5, 5.41) is 3.23. The van der Waals surface area contributed by atoms with Crippen LogP contribution >= 0.6 is 0 Å². The van der Waals surface area contributed by atoms with E-state index in [1.807, 2.05) is 0 Å². The minimum absolute atomic E-state index is 0.323. The molecule has 0 spiro atoms. The third-order valence-corrected chi connectivity index (χ3v) is 2.69. The topological polar surface area (TPSA) is 67.1 Å². The van der Waals surface area contributed by atoms with E-state index >= 15 is 0 Å². The molecule has 1 fully saturated rings. The summed E-state index contributed by atoms with van der Waals surface area (Å²) in [7, 11) is 0. The van der Waals surface area contributed by atoms with Gasteiger partial charge in [-0.2, -0.15) is 0 Å². The molecular formula is C11H19N5. The number of aromatic nitrogens is 2. The van der Waals surface area contributed by atoms with Crippen molar-refractivity contribution in [2.75, 3.05) is 29.0 Å².